The van der Waals surface area contributed by atoms with E-state index in [1.54, 1.807) is 0 Å². The predicted octanol–water partition coefficient (Wildman–Crippen LogP) is 3.22. The van der Waals surface area contributed by atoms with Crippen molar-refractivity contribution in [1.82, 2.24) is 0 Å². The van der Waals surface area contributed by atoms with Gasteiger partial charge in [0.05, 0.1) is 0 Å². The molecular weight excluding hydrogens is 178 g/mol. The second kappa shape index (κ2) is 5.66. The molecule has 0 amide bonds. The zero-order chi connectivity index (χ0) is 9.52. The molecule has 0 radical (unpaired) electrons. The Labute approximate surface area is 83.8 Å². The molecular formula is C11H13NS. The van der Waals surface area contributed by atoms with Gasteiger partial charge in [0.25, 0.3) is 0 Å². The van der Waals surface area contributed by atoms with E-state index in [9.17, 15) is 0 Å². The van der Waals surface area contributed by atoms with Crippen molar-refractivity contribution in [1.29, 1.82) is 5.26 Å². The highest BCUT2D eigenvalue weighted by molar-refractivity contribution is 8.04. The minimum absolute atomic E-state index is 0.435. The Hall–Kier alpha value is -0.940. The molecule has 1 rings (SSSR count). The third-order valence-corrected chi connectivity index (χ3v) is 2.68. The smallest absolute Gasteiger partial charge is 0.133 e. The van der Waals surface area contributed by atoms with Crippen LogP contribution in [0.4, 0.5) is 0 Å². The van der Waals surface area contributed by atoms with E-state index >= 15 is 0 Å². The summed E-state index contributed by atoms with van der Waals surface area (Å²) in [5.41, 5.74) is 1.35. The lowest BCUT2D eigenvalue weighted by atomic mass is 10.1. The van der Waals surface area contributed by atoms with Crippen LogP contribution in [0.5, 0.6) is 0 Å². The van der Waals surface area contributed by atoms with Gasteiger partial charge in [0.15, 0.2) is 0 Å². The van der Waals surface area contributed by atoms with Gasteiger partial charge in [-0.05, 0) is 30.2 Å². The highest BCUT2D eigenvalue weighted by Gasteiger charge is 2.01. The standard InChI is InChI=1S/C11H13NS/c1-10(13-9-12)7-8-11-5-3-2-4-6-11/h2-6,10H,7-8H2,1H3. The first-order chi connectivity index (χ1) is 6.33. The maximum Gasteiger partial charge on any atom is 0.133 e. The maximum absolute atomic E-state index is 8.45. The minimum Gasteiger partial charge on any atom is -0.185 e. The second-order valence-electron chi connectivity index (χ2n) is 3.04. The summed E-state index contributed by atoms with van der Waals surface area (Å²) >= 11 is 1.36. The molecule has 13 heavy (non-hydrogen) atoms. The number of benzene rings is 1. The van der Waals surface area contributed by atoms with E-state index < -0.39 is 0 Å². The maximum atomic E-state index is 8.45. The number of nitriles is 1. The summed E-state index contributed by atoms with van der Waals surface area (Å²) in [6.07, 6.45) is 2.14. The largest absolute Gasteiger partial charge is 0.185 e. The Morgan fingerprint density at radius 3 is 2.69 bits per heavy atom. The number of rotatable bonds is 4. The summed E-state index contributed by atoms with van der Waals surface area (Å²) in [7, 11) is 0. The zero-order valence-electron chi connectivity index (χ0n) is 7.73. The van der Waals surface area contributed by atoms with Crippen LogP contribution in [0.3, 0.4) is 0 Å². The molecule has 0 saturated carbocycles. The monoisotopic (exact) mass is 191 g/mol. The lowest BCUT2D eigenvalue weighted by Crippen LogP contribution is -1.97. The van der Waals surface area contributed by atoms with Gasteiger partial charge < -0.3 is 0 Å². The van der Waals surface area contributed by atoms with E-state index in [-0.39, 0.29) is 0 Å². The number of hydrogen-bond donors (Lipinski definition) is 0. The SMILES string of the molecule is CC(CCc1ccccc1)SC#N. The molecule has 0 aliphatic heterocycles. The van der Waals surface area contributed by atoms with Gasteiger partial charge in [-0.2, -0.15) is 5.26 Å². The third-order valence-electron chi connectivity index (χ3n) is 1.94. The second-order valence-corrected chi connectivity index (χ2v) is 4.27. The highest BCUT2D eigenvalue weighted by Crippen LogP contribution is 2.14. The summed E-state index contributed by atoms with van der Waals surface area (Å²) in [6, 6.07) is 10.4. The summed E-state index contributed by atoms with van der Waals surface area (Å²) in [5, 5.41) is 11.0. The molecule has 0 aliphatic rings. The quantitative estimate of drug-likeness (QED) is 0.682. The Kier molecular flexibility index (Phi) is 4.42. The predicted molar refractivity (Wildman–Crippen MR) is 57.4 cm³/mol. The summed E-state index contributed by atoms with van der Waals surface area (Å²) in [5.74, 6) is 0. The van der Waals surface area contributed by atoms with Crippen LogP contribution in [-0.4, -0.2) is 5.25 Å². The molecule has 0 N–H and O–H groups in total. The van der Waals surface area contributed by atoms with E-state index in [4.69, 9.17) is 5.26 Å². The Bertz CT molecular complexity index is 276. The van der Waals surface area contributed by atoms with Crippen LogP contribution in [0.2, 0.25) is 0 Å². The lowest BCUT2D eigenvalue weighted by Gasteiger charge is -2.05. The molecule has 0 fully saturated rings. The zero-order valence-corrected chi connectivity index (χ0v) is 8.55. The summed E-state index contributed by atoms with van der Waals surface area (Å²) in [6.45, 7) is 2.09. The van der Waals surface area contributed by atoms with E-state index in [2.05, 4.69) is 36.6 Å². The van der Waals surface area contributed by atoms with Crippen LogP contribution in [-0.2, 0) is 6.42 Å². The molecule has 1 nitrogen and oxygen atoms in total. The Balaban J connectivity index is 2.32. The Morgan fingerprint density at radius 2 is 2.08 bits per heavy atom. The molecule has 68 valence electrons. The molecule has 1 unspecified atom stereocenters. The third kappa shape index (κ3) is 4.00. The van der Waals surface area contributed by atoms with Crippen LogP contribution >= 0.6 is 11.8 Å². The highest BCUT2D eigenvalue weighted by atomic mass is 32.2. The van der Waals surface area contributed by atoms with Gasteiger partial charge in [0.2, 0.25) is 0 Å². The number of thioether (sulfide) groups is 1. The normalized spacial score (nSPS) is 12.0. The van der Waals surface area contributed by atoms with Gasteiger partial charge in [0.1, 0.15) is 5.40 Å². The van der Waals surface area contributed by atoms with E-state index in [0.717, 1.165) is 12.8 Å². The summed E-state index contributed by atoms with van der Waals surface area (Å²) < 4.78 is 0. The van der Waals surface area contributed by atoms with Crippen LogP contribution in [0.1, 0.15) is 18.9 Å². The van der Waals surface area contributed by atoms with Crippen LogP contribution in [0, 0.1) is 10.7 Å². The fraction of sp³-hybridized carbons (Fsp3) is 0.364. The number of thiocyanates is 1. The van der Waals surface area contributed by atoms with Crippen LogP contribution in [0.25, 0.3) is 0 Å². The van der Waals surface area contributed by atoms with E-state index in [0.29, 0.717) is 5.25 Å². The topological polar surface area (TPSA) is 23.8 Å². The average Bonchev–Trinajstić information content (AvgIpc) is 2.17. The summed E-state index contributed by atoms with van der Waals surface area (Å²) in [4.78, 5) is 0. The number of aryl methyl sites for hydroxylation is 1. The van der Waals surface area contributed by atoms with Gasteiger partial charge >= 0.3 is 0 Å². The van der Waals surface area contributed by atoms with Crippen LogP contribution < -0.4 is 0 Å². The molecule has 1 aromatic carbocycles. The molecule has 0 spiro atoms. The molecule has 0 bridgehead atoms. The van der Waals surface area contributed by atoms with Crippen molar-refractivity contribution in [3.05, 3.63) is 35.9 Å². The van der Waals surface area contributed by atoms with Crippen molar-refractivity contribution in [3.8, 4) is 5.40 Å². The van der Waals surface area contributed by atoms with Gasteiger partial charge in [0, 0.05) is 5.25 Å². The lowest BCUT2D eigenvalue weighted by molar-refractivity contribution is 0.814. The van der Waals surface area contributed by atoms with Gasteiger partial charge in [-0.3, -0.25) is 0 Å². The van der Waals surface area contributed by atoms with Crippen LogP contribution in [0.15, 0.2) is 30.3 Å². The van der Waals surface area contributed by atoms with E-state index in [1.165, 1.54) is 17.3 Å². The number of hydrogen-bond acceptors (Lipinski definition) is 2. The van der Waals surface area contributed by atoms with Gasteiger partial charge in [-0.1, -0.05) is 37.3 Å². The molecule has 0 aliphatic carbocycles. The van der Waals surface area contributed by atoms with Crippen molar-refractivity contribution in [3.63, 3.8) is 0 Å². The first-order valence-electron chi connectivity index (χ1n) is 4.41. The molecule has 0 heterocycles. The molecule has 0 saturated heterocycles. The van der Waals surface area contributed by atoms with Crippen molar-refractivity contribution in [2.24, 2.45) is 0 Å². The Morgan fingerprint density at radius 1 is 1.38 bits per heavy atom. The molecule has 0 aromatic heterocycles. The van der Waals surface area contributed by atoms with Crippen molar-refractivity contribution < 1.29 is 0 Å². The molecule has 2 heteroatoms. The van der Waals surface area contributed by atoms with Crippen molar-refractivity contribution in [2.75, 3.05) is 0 Å². The van der Waals surface area contributed by atoms with E-state index in [1.807, 2.05) is 6.07 Å². The first-order valence-corrected chi connectivity index (χ1v) is 5.29. The fourth-order valence-electron chi connectivity index (χ4n) is 1.16. The minimum atomic E-state index is 0.435. The fourth-order valence-corrected chi connectivity index (χ4v) is 1.58. The average molecular weight is 191 g/mol. The van der Waals surface area contributed by atoms with Crippen molar-refractivity contribution in [2.45, 2.75) is 25.0 Å². The van der Waals surface area contributed by atoms with Crippen molar-refractivity contribution >= 4 is 11.8 Å². The van der Waals surface area contributed by atoms with Gasteiger partial charge in [-0.15, -0.1) is 0 Å². The number of nitrogens with zero attached hydrogens (tertiary/aromatic N) is 1. The molecule has 1 atom stereocenters. The molecule has 1 aromatic rings. The van der Waals surface area contributed by atoms with Gasteiger partial charge in [-0.25, -0.2) is 0 Å². The first kappa shape index (κ1) is 10.1.